The summed E-state index contributed by atoms with van der Waals surface area (Å²) >= 11 is 5.82. The molecule has 1 heterocycles. The summed E-state index contributed by atoms with van der Waals surface area (Å²) in [6.07, 6.45) is 1.88. The normalized spacial score (nSPS) is 18.0. The SMILES string of the molecule is O=S(=O)(NCC1(c2ccc3c(c2)OCCO3)CC1)c1ccc(Cl)cc1. The number of fused-ring (bicyclic) bond motifs is 1. The lowest BCUT2D eigenvalue weighted by Gasteiger charge is -2.22. The van der Waals surface area contributed by atoms with Gasteiger partial charge in [0.25, 0.3) is 0 Å². The summed E-state index contributed by atoms with van der Waals surface area (Å²) in [4.78, 5) is 0.217. The van der Waals surface area contributed by atoms with E-state index in [-0.39, 0.29) is 10.3 Å². The number of sulfonamides is 1. The van der Waals surface area contributed by atoms with E-state index in [0.717, 1.165) is 29.9 Å². The fourth-order valence-corrected chi connectivity index (χ4v) is 4.28. The van der Waals surface area contributed by atoms with E-state index >= 15 is 0 Å². The van der Waals surface area contributed by atoms with Gasteiger partial charge >= 0.3 is 0 Å². The second-order valence-electron chi connectivity index (χ2n) is 6.42. The third-order valence-electron chi connectivity index (χ3n) is 4.73. The lowest BCUT2D eigenvalue weighted by atomic mass is 9.96. The minimum absolute atomic E-state index is 0.171. The first-order chi connectivity index (χ1) is 12.0. The van der Waals surface area contributed by atoms with Gasteiger partial charge in [-0.25, -0.2) is 13.1 Å². The molecule has 0 amide bonds. The van der Waals surface area contributed by atoms with Crippen LogP contribution in [0.1, 0.15) is 18.4 Å². The van der Waals surface area contributed by atoms with Crippen molar-refractivity contribution in [3.8, 4) is 11.5 Å². The van der Waals surface area contributed by atoms with Crippen LogP contribution in [0.15, 0.2) is 47.4 Å². The summed E-state index contributed by atoms with van der Waals surface area (Å²) < 4.78 is 38.9. The highest BCUT2D eigenvalue weighted by atomic mass is 35.5. The van der Waals surface area contributed by atoms with Crippen molar-refractivity contribution < 1.29 is 17.9 Å². The van der Waals surface area contributed by atoms with Crippen LogP contribution >= 0.6 is 11.6 Å². The smallest absolute Gasteiger partial charge is 0.240 e. The van der Waals surface area contributed by atoms with Crippen molar-refractivity contribution in [1.82, 2.24) is 4.72 Å². The third kappa shape index (κ3) is 3.34. The van der Waals surface area contributed by atoms with E-state index in [4.69, 9.17) is 21.1 Å². The molecule has 1 aliphatic carbocycles. The molecule has 1 fully saturated rings. The van der Waals surface area contributed by atoms with Crippen LogP contribution in [0.3, 0.4) is 0 Å². The molecule has 0 spiro atoms. The number of hydrogen-bond acceptors (Lipinski definition) is 4. The maximum atomic E-state index is 12.5. The molecule has 4 rings (SSSR count). The van der Waals surface area contributed by atoms with Gasteiger partial charge in [-0.1, -0.05) is 17.7 Å². The number of hydrogen-bond donors (Lipinski definition) is 1. The molecule has 2 aromatic carbocycles. The maximum Gasteiger partial charge on any atom is 0.240 e. The standard InChI is InChI=1S/C18H18ClNO4S/c19-14-2-4-15(5-3-14)25(21,22)20-12-18(7-8-18)13-1-6-16-17(11-13)24-10-9-23-16/h1-6,11,20H,7-10,12H2. The summed E-state index contributed by atoms with van der Waals surface area (Å²) in [5.74, 6) is 1.48. The topological polar surface area (TPSA) is 64.6 Å². The molecule has 0 radical (unpaired) electrons. The van der Waals surface area contributed by atoms with Crippen LogP contribution in [0.5, 0.6) is 11.5 Å². The van der Waals surface area contributed by atoms with Crippen molar-refractivity contribution in [3.05, 3.63) is 53.1 Å². The first kappa shape index (κ1) is 16.7. The zero-order valence-electron chi connectivity index (χ0n) is 13.5. The maximum absolute atomic E-state index is 12.5. The minimum atomic E-state index is -3.56. The second kappa shape index (κ2) is 6.20. The van der Waals surface area contributed by atoms with E-state index in [2.05, 4.69) is 4.72 Å². The van der Waals surface area contributed by atoms with Crippen molar-refractivity contribution >= 4 is 21.6 Å². The predicted molar refractivity (Wildman–Crippen MR) is 95.0 cm³/mol. The molecule has 2 aromatic rings. The van der Waals surface area contributed by atoms with Gasteiger partial charge in [0.05, 0.1) is 4.90 Å². The number of ether oxygens (including phenoxy) is 2. The number of benzene rings is 2. The highest BCUT2D eigenvalue weighted by molar-refractivity contribution is 7.89. The summed E-state index contributed by atoms with van der Waals surface area (Å²) in [5, 5.41) is 0.508. The zero-order chi connectivity index (χ0) is 17.5. The summed E-state index contributed by atoms with van der Waals surface area (Å²) in [6, 6.07) is 12.0. The Bertz CT molecular complexity index is 892. The lowest BCUT2D eigenvalue weighted by molar-refractivity contribution is 0.171. The van der Waals surface area contributed by atoms with Gasteiger partial charge in [-0.15, -0.1) is 0 Å². The van der Waals surface area contributed by atoms with Crippen LogP contribution in [0.2, 0.25) is 5.02 Å². The first-order valence-corrected chi connectivity index (χ1v) is 10.0. The molecule has 2 aliphatic rings. The van der Waals surface area contributed by atoms with Crippen molar-refractivity contribution in [1.29, 1.82) is 0 Å². The van der Waals surface area contributed by atoms with E-state index in [0.29, 0.717) is 24.8 Å². The van der Waals surface area contributed by atoms with Crippen molar-refractivity contribution in [2.75, 3.05) is 19.8 Å². The largest absolute Gasteiger partial charge is 0.486 e. The first-order valence-electron chi connectivity index (χ1n) is 8.14. The van der Waals surface area contributed by atoms with E-state index in [1.165, 1.54) is 12.1 Å². The molecule has 0 bridgehead atoms. The van der Waals surface area contributed by atoms with Gasteiger partial charge in [0, 0.05) is 17.0 Å². The Kier molecular flexibility index (Phi) is 4.14. The molecule has 0 unspecified atom stereocenters. The molecule has 132 valence electrons. The molecule has 1 aliphatic heterocycles. The molecule has 7 heteroatoms. The quantitative estimate of drug-likeness (QED) is 0.866. The minimum Gasteiger partial charge on any atom is -0.486 e. The van der Waals surface area contributed by atoms with Gasteiger partial charge in [-0.05, 0) is 54.8 Å². The third-order valence-corrected chi connectivity index (χ3v) is 6.40. The van der Waals surface area contributed by atoms with Gasteiger partial charge in [0.2, 0.25) is 10.0 Å². The summed E-state index contributed by atoms with van der Waals surface area (Å²) in [6.45, 7) is 1.45. The molecule has 1 saturated carbocycles. The number of rotatable bonds is 5. The Hall–Kier alpha value is -1.76. The van der Waals surface area contributed by atoms with Gasteiger partial charge in [-0.3, -0.25) is 0 Å². The van der Waals surface area contributed by atoms with Crippen LogP contribution < -0.4 is 14.2 Å². The van der Waals surface area contributed by atoms with Crippen LogP contribution in [-0.4, -0.2) is 28.2 Å². The van der Waals surface area contributed by atoms with Crippen molar-refractivity contribution in [3.63, 3.8) is 0 Å². The number of nitrogens with one attached hydrogen (secondary N) is 1. The van der Waals surface area contributed by atoms with E-state index in [1.807, 2.05) is 18.2 Å². The van der Waals surface area contributed by atoms with Gasteiger partial charge in [0.1, 0.15) is 13.2 Å². The number of halogens is 1. The van der Waals surface area contributed by atoms with E-state index in [9.17, 15) is 8.42 Å². The van der Waals surface area contributed by atoms with Gasteiger partial charge in [0.15, 0.2) is 11.5 Å². The molecular weight excluding hydrogens is 362 g/mol. The van der Waals surface area contributed by atoms with E-state index < -0.39 is 10.0 Å². The average molecular weight is 380 g/mol. The molecule has 1 N–H and O–H groups in total. The predicted octanol–water partition coefficient (Wildman–Crippen LogP) is 3.12. The van der Waals surface area contributed by atoms with Gasteiger partial charge in [-0.2, -0.15) is 0 Å². The molecular formula is C18H18ClNO4S. The van der Waals surface area contributed by atoms with Crippen LogP contribution in [0.4, 0.5) is 0 Å². The highest BCUT2D eigenvalue weighted by Crippen LogP contribution is 2.49. The zero-order valence-corrected chi connectivity index (χ0v) is 15.1. The van der Waals surface area contributed by atoms with Gasteiger partial charge < -0.3 is 9.47 Å². The Morgan fingerprint density at radius 3 is 2.36 bits per heavy atom. The highest BCUT2D eigenvalue weighted by Gasteiger charge is 2.45. The Morgan fingerprint density at radius 2 is 1.68 bits per heavy atom. The summed E-state index contributed by atoms with van der Waals surface area (Å²) in [5.41, 5.74) is 0.908. The van der Waals surface area contributed by atoms with Crippen molar-refractivity contribution in [2.45, 2.75) is 23.2 Å². The van der Waals surface area contributed by atoms with Crippen LogP contribution in [0.25, 0.3) is 0 Å². The van der Waals surface area contributed by atoms with Crippen molar-refractivity contribution in [2.24, 2.45) is 0 Å². The van der Waals surface area contributed by atoms with E-state index in [1.54, 1.807) is 12.1 Å². The average Bonchev–Trinajstić information content (AvgIpc) is 3.41. The summed E-state index contributed by atoms with van der Waals surface area (Å²) in [7, 11) is -3.56. The molecule has 0 atom stereocenters. The molecule has 5 nitrogen and oxygen atoms in total. The van der Waals surface area contributed by atoms with Crippen LogP contribution in [-0.2, 0) is 15.4 Å². The molecule has 0 saturated heterocycles. The Morgan fingerprint density at radius 1 is 1.00 bits per heavy atom. The molecule has 25 heavy (non-hydrogen) atoms. The fourth-order valence-electron chi connectivity index (χ4n) is 3.02. The monoisotopic (exact) mass is 379 g/mol. The lowest BCUT2D eigenvalue weighted by Crippen LogP contribution is -2.32. The fraction of sp³-hybridized carbons (Fsp3) is 0.333. The second-order valence-corrected chi connectivity index (χ2v) is 8.62. The molecule has 0 aromatic heterocycles. The van der Waals surface area contributed by atoms with Crippen LogP contribution in [0, 0.1) is 0 Å². The Labute approximate surface area is 152 Å². The Balaban J connectivity index is 1.51.